The van der Waals surface area contributed by atoms with Gasteiger partial charge >= 0.3 is 6.18 Å². The second-order valence-corrected chi connectivity index (χ2v) is 5.04. The molecule has 1 aliphatic heterocycles. The molecular weight excluding hydrogens is 263 g/mol. The van der Waals surface area contributed by atoms with Gasteiger partial charge in [0.2, 0.25) is 0 Å². The minimum atomic E-state index is -4.37. The number of rotatable bonds is 0. The molecule has 2 rings (SSSR count). The van der Waals surface area contributed by atoms with Gasteiger partial charge < -0.3 is 10.6 Å². The Labute approximate surface area is 107 Å². The average Bonchev–Trinajstić information content (AvgIpc) is 2.25. The first-order valence-electron chi connectivity index (χ1n) is 5.27. The Kier molecular flexibility index (Phi) is 3.43. The van der Waals surface area contributed by atoms with Crippen LogP contribution in [0.3, 0.4) is 0 Å². The van der Waals surface area contributed by atoms with Crippen LogP contribution in [0.2, 0.25) is 0 Å². The maximum atomic E-state index is 12.6. The molecule has 0 saturated carbocycles. The molecule has 18 heavy (non-hydrogen) atoms. The molecule has 0 saturated heterocycles. The summed E-state index contributed by atoms with van der Waals surface area (Å²) in [7, 11) is 1.82. The third kappa shape index (κ3) is 2.72. The summed E-state index contributed by atoms with van der Waals surface area (Å²) in [4.78, 5) is 5.91. The molecule has 0 bridgehead atoms. The highest BCUT2D eigenvalue weighted by Gasteiger charge is 2.31. The summed E-state index contributed by atoms with van der Waals surface area (Å²) in [6.07, 6.45) is -4.37. The van der Waals surface area contributed by atoms with E-state index in [2.05, 4.69) is 4.99 Å². The summed E-state index contributed by atoms with van der Waals surface area (Å²) in [5.41, 5.74) is 5.85. The molecule has 98 valence electrons. The normalized spacial score (nSPS) is 16.7. The predicted octanol–water partition coefficient (Wildman–Crippen LogP) is 2.83. The Morgan fingerprint density at radius 3 is 2.78 bits per heavy atom. The summed E-state index contributed by atoms with van der Waals surface area (Å²) in [5.74, 6) is 0.756. The summed E-state index contributed by atoms with van der Waals surface area (Å²) < 4.78 is 37.9. The zero-order chi connectivity index (χ0) is 13.3. The first-order valence-corrected chi connectivity index (χ1v) is 6.26. The van der Waals surface area contributed by atoms with E-state index in [1.807, 2.05) is 11.9 Å². The lowest BCUT2D eigenvalue weighted by molar-refractivity contribution is -0.137. The van der Waals surface area contributed by atoms with Crippen molar-refractivity contribution in [1.82, 2.24) is 0 Å². The van der Waals surface area contributed by atoms with Crippen LogP contribution in [-0.2, 0) is 6.18 Å². The van der Waals surface area contributed by atoms with Gasteiger partial charge in [-0.05, 0) is 18.2 Å². The van der Waals surface area contributed by atoms with Crippen LogP contribution in [0.25, 0.3) is 0 Å². The first-order chi connectivity index (χ1) is 8.38. The molecule has 1 aliphatic rings. The molecule has 0 spiro atoms. The van der Waals surface area contributed by atoms with Crippen molar-refractivity contribution in [2.24, 2.45) is 10.7 Å². The van der Waals surface area contributed by atoms with Crippen molar-refractivity contribution in [2.75, 3.05) is 24.2 Å². The van der Waals surface area contributed by atoms with Crippen molar-refractivity contribution >= 4 is 28.3 Å². The monoisotopic (exact) mass is 275 g/mol. The lowest BCUT2D eigenvalue weighted by Gasteiger charge is -2.23. The van der Waals surface area contributed by atoms with Gasteiger partial charge in [-0.1, -0.05) is 11.8 Å². The molecule has 2 N–H and O–H groups in total. The quantitative estimate of drug-likeness (QED) is 0.791. The fraction of sp³-hybridized carbons (Fsp3) is 0.364. The molecule has 7 heteroatoms. The van der Waals surface area contributed by atoms with E-state index in [-0.39, 0.29) is 5.69 Å². The zero-order valence-electron chi connectivity index (χ0n) is 9.66. The van der Waals surface area contributed by atoms with E-state index >= 15 is 0 Å². The number of aliphatic imine (C=N–C) groups is 1. The molecule has 1 heterocycles. The number of halogens is 3. The van der Waals surface area contributed by atoms with Crippen LogP contribution in [0.1, 0.15) is 5.56 Å². The predicted molar refractivity (Wildman–Crippen MR) is 68.5 cm³/mol. The minimum absolute atomic E-state index is 0.261. The second kappa shape index (κ2) is 4.72. The molecule has 0 unspecified atom stereocenters. The van der Waals surface area contributed by atoms with E-state index in [0.717, 1.165) is 17.9 Å². The highest BCUT2D eigenvalue weighted by molar-refractivity contribution is 8.13. The zero-order valence-corrected chi connectivity index (χ0v) is 10.5. The number of anilines is 1. The van der Waals surface area contributed by atoms with Gasteiger partial charge in [0.05, 0.1) is 16.9 Å². The van der Waals surface area contributed by atoms with Gasteiger partial charge in [0, 0.05) is 19.3 Å². The fourth-order valence-corrected chi connectivity index (χ4v) is 2.41. The van der Waals surface area contributed by atoms with Crippen molar-refractivity contribution in [2.45, 2.75) is 6.18 Å². The van der Waals surface area contributed by atoms with Crippen LogP contribution < -0.4 is 10.6 Å². The van der Waals surface area contributed by atoms with Gasteiger partial charge in [0.15, 0.2) is 5.17 Å². The SMILES string of the molecule is CN1CCSC(N)=Nc2cc(C(F)(F)F)ccc21. The number of fused-ring (bicyclic) bond motifs is 1. The van der Waals surface area contributed by atoms with Crippen LogP contribution in [-0.4, -0.2) is 24.5 Å². The number of hydrogen-bond donors (Lipinski definition) is 1. The van der Waals surface area contributed by atoms with Crippen molar-refractivity contribution in [1.29, 1.82) is 0 Å². The third-order valence-corrected chi connectivity index (χ3v) is 3.40. The highest BCUT2D eigenvalue weighted by atomic mass is 32.2. The van der Waals surface area contributed by atoms with Gasteiger partial charge in [-0.15, -0.1) is 0 Å². The first kappa shape index (κ1) is 13.1. The number of benzene rings is 1. The topological polar surface area (TPSA) is 41.6 Å². The van der Waals surface area contributed by atoms with Crippen molar-refractivity contribution in [3.8, 4) is 0 Å². The van der Waals surface area contributed by atoms with Crippen LogP contribution >= 0.6 is 11.8 Å². The molecule has 0 atom stereocenters. The number of hydrogen-bond acceptors (Lipinski definition) is 4. The number of thioether (sulfide) groups is 1. The molecule has 0 amide bonds. The van der Waals surface area contributed by atoms with Gasteiger partial charge in [-0.25, -0.2) is 4.99 Å². The number of nitrogens with zero attached hydrogens (tertiary/aromatic N) is 2. The van der Waals surface area contributed by atoms with Crippen molar-refractivity contribution in [3.63, 3.8) is 0 Å². The van der Waals surface area contributed by atoms with Gasteiger partial charge in [-0.3, -0.25) is 0 Å². The van der Waals surface area contributed by atoms with Gasteiger partial charge in [0.1, 0.15) is 0 Å². The standard InChI is InChI=1S/C11H12F3N3S/c1-17-4-5-18-10(15)16-8-6-7(11(12,13)14)2-3-9(8)17/h2-3,6H,4-5H2,1H3,(H2,15,16). The smallest absolute Gasteiger partial charge is 0.378 e. The Balaban J connectivity index is 2.52. The summed E-state index contributed by atoms with van der Waals surface area (Å²) >= 11 is 1.34. The third-order valence-electron chi connectivity index (χ3n) is 2.62. The van der Waals surface area contributed by atoms with E-state index in [1.165, 1.54) is 17.8 Å². The maximum Gasteiger partial charge on any atom is 0.416 e. The molecule has 0 aromatic heterocycles. The molecule has 1 aromatic rings. The van der Waals surface area contributed by atoms with E-state index in [9.17, 15) is 13.2 Å². The molecule has 0 fully saturated rings. The van der Waals surface area contributed by atoms with Gasteiger partial charge in [0.25, 0.3) is 0 Å². The fourth-order valence-electron chi connectivity index (χ4n) is 1.67. The average molecular weight is 275 g/mol. The van der Waals surface area contributed by atoms with E-state index in [4.69, 9.17) is 5.73 Å². The Morgan fingerprint density at radius 1 is 1.39 bits per heavy atom. The van der Waals surface area contributed by atoms with Crippen molar-refractivity contribution < 1.29 is 13.2 Å². The second-order valence-electron chi connectivity index (χ2n) is 3.92. The lowest BCUT2D eigenvalue weighted by Crippen LogP contribution is -2.24. The largest absolute Gasteiger partial charge is 0.416 e. The van der Waals surface area contributed by atoms with E-state index in [0.29, 0.717) is 17.4 Å². The number of alkyl halides is 3. The Morgan fingerprint density at radius 2 is 2.11 bits per heavy atom. The van der Waals surface area contributed by atoms with Crippen LogP contribution in [0.5, 0.6) is 0 Å². The summed E-state index contributed by atoms with van der Waals surface area (Å²) in [6, 6.07) is 3.53. The van der Waals surface area contributed by atoms with Crippen LogP contribution in [0.15, 0.2) is 23.2 Å². The molecular formula is C11H12F3N3S. The van der Waals surface area contributed by atoms with Crippen LogP contribution in [0, 0.1) is 0 Å². The maximum absolute atomic E-state index is 12.6. The lowest BCUT2D eigenvalue weighted by atomic mass is 10.1. The number of amidine groups is 1. The van der Waals surface area contributed by atoms with Crippen LogP contribution in [0.4, 0.5) is 24.5 Å². The Bertz CT molecular complexity index is 485. The summed E-state index contributed by atoms with van der Waals surface area (Å²) in [6.45, 7) is 0.708. The van der Waals surface area contributed by atoms with E-state index < -0.39 is 11.7 Å². The van der Waals surface area contributed by atoms with E-state index in [1.54, 1.807) is 0 Å². The highest BCUT2D eigenvalue weighted by Crippen LogP contribution is 2.37. The van der Waals surface area contributed by atoms with Gasteiger partial charge in [-0.2, -0.15) is 13.2 Å². The number of nitrogens with two attached hydrogens (primary N) is 1. The molecule has 0 aliphatic carbocycles. The molecule has 0 radical (unpaired) electrons. The Hall–Kier alpha value is -1.37. The summed E-state index contributed by atoms with van der Waals surface area (Å²) in [5, 5.41) is 0.295. The molecule has 3 nitrogen and oxygen atoms in total. The van der Waals surface area contributed by atoms with Crippen molar-refractivity contribution in [3.05, 3.63) is 23.8 Å². The molecule has 1 aromatic carbocycles. The minimum Gasteiger partial charge on any atom is -0.378 e.